The van der Waals surface area contributed by atoms with Gasteiger partial charge < -0.3 is 14.8 Å². The topological polar surface area (TPSA) is 89.1 Å². The van der Waals surface area contributed by atoms with Gasteiger partial charge in [-0.15, -0.1) is 0 Å². The van der Waals surface area contributed by atoms with Gasteiger partial charge in [0.2, 0.25) is 5.91 Å². The Morgan fingerprint density at radius 2 is 2.08 bits per heavy atom. The zero-order valence-electron chi connectivity index (χ0n) is 13.3. The Morgan fingerprint density at radius 1 is 1.25 bits per heavy atom. The molecule has 7 heteroatoms. The highest BCUT2D eigenvalue weighted by atomic mass is 16.5. The minimum Gasteiger partial charge on any atom is -0.491 e. The second-order valence-corrected chi connectivity index (χ2v) is 5.21. The van der Waals surface area contributed by atoms with E-state index >= 15 is 0 Å². The van der Waals surface area contributed by atoms with Gasteiger partial charge in [0.25, 0.3) is 0 Å². The van der Waals surface area contributed by atoms with Gasteiger partial charge in [-0.3, -0.25) is 9.89 Å². The van der Waals surface area contributed by atoms with Crippen molar-refractivity contribution in [1.29, 1.82) is 0 Å². The number of pyridine rings is 1. The second-order valence-electron chi connectivity index (χ2n) is 5.21. The average molecular weight is 326 g/mol. The normalized spacial score (nSPS) is 10.7. The lowest BCUT2D eigenvalue weighted by atomic mass is 10.2. The molecule has 1 aromatic carbocycles. The van der Waals surface area contributed by atoms with E-state index in [0.29, 0.717) is 24.5 Å². The van der Waals surface area contributed by atoms with Crippen LogP contribution >= 0.6 is 0 Å². The standard InChI is InChI=1S/C17H18N4O3/c1-12-15-9-13(10-18-17(15)21-20-12)19-16(22)11-23-7-8-24-14-5-3-2-4-6-14/h2-6,9-10H,7-8,11H2,1H3,(H,19,22)(H,18,20,21). The Balaban J connectivity index is 1.41. The number of H-pyrrole nitrogens is 1. The minimum absolute atomic E-state index is 0.0411. The molecular formula is C17H18N4O3. The molecule has 3 aromatic rings. The van der Waals surface area contributed by atoms with Gasteiger partial charge in [-0.1, -0.05) is 18.2 Å². The van der Waals surface area contributed by atoms with Crippen LogP contribution < -0.4 is 10.1 Å². The molecule has 0 spiro atoms. The van der Waals surface area contributed by atoms with Gasteiger partial charge in [-0.25, -0.2) is 4.98 Å². The van der Waals surface area contributed by atoms with Crippen molar-refractivity contribution in [2.24, 2.45) is 0 Å². The number of para-hydroxylation sites is 1. The number of carbonyl (C=O) groups is 1. The van der Waals surface area contributed by atoms with Crippen LogP contribution in [0.4, 0.5) is 5.69 Å². The molecule has 0 radical (unpaired) electrons. The first-order valence-electron chi connectivity index (χ1n) is 7.58. The van der Waals surface area contributed by atoms with Gasteiger partial charge in [0.1, 0.15) is 19.0 Å². The summed E-state index contributed by atoms with van der Waals surface area (Å²) in [4.78, 5) is 16.1. The maximum Gasteiger partial charge on any atom is 0.250 e. The highest BCUT2D eigenvalue weighted by molar-refractivity contribution is 5.93. The van der Waals surface area contributed by atoms with Crippen LogP contribution in [0, 0.1) is 6.92 Å². The van der Waals surface area contributed by atoms with E-state index in [1.807, 2.05) is 43.3 Å². The largest absolute Gasteiger partial charge is 0.491 e. The fourth-order valence-electron chi connectivity index (χ4n) is 2.19. The number of hydrogen-bond acceptors (Lipinski definition) is 5. The summed E-state index contributed by atoms with van der Waals surface area (Å²) in [5.41, 5.74) is 2.14. The van der Waals surface area contributed by atoms with Crippen LogP contribution in [0.2, 0.25) is 0 Å². The molecule has 3 rings (SSSR count). The van der Waals surface area contributed by atoms with Gasteiger partial charge in [-0.2, -0.15) is 5.10 Å². The van der Waals surface area contributed by atoms with Crippen molar-refractivity contribution in [3.8, 4) is 5.75 Å². The van der Waals surface area contributed by atoms with E-state index in [1.165, 1.54) is 0 Å². The Morgan fingerprint density at radius 3 is 2.92 bits per heavy atom. The first kappa shape index (κ1) is 15.9. The molecule has 0 aliphatic carbocycles. The average Bonchev–Trinajstić information content (AvgIpc) is 2.96. The number of benzene rings is 1. The number of aryl methyl sites for hydroxylation is 1. The summed E-state index contributed by atoms with van der Waals surface area (Å²) in [6.45, 7) is 2.58. The Kier molecular flexibility index (Phi) is 5.02. The third-order valence-electron chi connectivity index (χ3n) is 3.36. The van der Waals surface area contributed by atoms with Gasteiger partial charge in [0.15, 0.2) is 5.65 Å². The van der Waals surface area contributed by atoms with Gasteiger partial charge >= 0.3 is 0 Å². The number of anilines is 1. The molecule has 0 saturated heterocycles. The fourth-order valence-corrected chi connectivity index (χ4v) is 2.19. The van der Waals surface area contributed by atoms with E-state index < -0.39 is 0 Å². The van der Waals surface area contributed by atoms with E-state index in [4.69, 9.17) is 9.47 Å². The summed E-state index contributed by atoms with van der Waals surface area (Å²) < 4.78 is 10.8. The Hall–Kier alpha value is -2.93. The number of rotatable bonds is 7. The first-order chi connectivity index (χ1) is 11.7. The smallest absolute Gasteiger partial charge is 0.250 e. The molecule has 2 aromatic heterocycles. The van der Waals surface area contributed by atoms with Crippen molar-refractivity contribution in [3.63, 3.8) is 0 Å². The molecule has 0 fully saturated rings. The van der Waals surface area contributed by atoms with Crippen LogP contribution in [0.5, 0.6) is 5.75 Å². The molecule has 2 heterocycles. The first-order valence-corrected chi connectivity index (χ1v) is 7.58. The highest BCUT2D eigenvalue weighted by Gasteiger charge is 2.07. The van der Waals surface area contributed by atoms with E-state index in [1.54, 1.807) is 6.20 Å². The highest BCUT2D eigenvalue weighted by Crippen LogP contribution is 2.17. The number of carbonyl (C=O) groups excluding carboxylic acids is 1. The van der Waals surface area contributed by atoms with Crippen LogP contribution in [0.15, 0.2) is 42.6 Å². The quantitative estimate of drug-likeness (QED) is 0.650. The van der Waals surface area contributed by atoms with Crippen molar-refractivity contribution in [2.45, 2.75) is 6.92 Å². The molecule has 0 unspecified atom stereocenters. The van der Waals surface area contributed by atoms with Crippen LogP contribution in [0.3, 0.4) is 0 Å². The maximum absolute atomic E-state index is 11.9. The lowest BCUT2D eigenvalue weighted by Gasteiger charge is -2.08. The Labute approximate surface area is 139 Å². The zero-order valence-corrected chi connectivity index (χ0v) is 13.3. The third-order valence-corrected chi connectivity index (χ3v) is 3.36. The SMILES string of the molecule is Cc1[nH]nc2ncc(NC(=O)COCCOc3ccccc3)cc12. The number of aromatic amines is 1. The molecule has 1 amide bonds. The summed E-state index contributed by atoms with van der Waals surface area (Å²) >= 11 is 0. The van der Waals surface area contributed by atoms with Gasteiger partial charge in [-0.05, 0) is 25.1 Å². The molecule has 0 bridgehead atoms. The van der Waals surface area contributed by atoms with Gasteiger partial charge in [0.05, 0.1) is 18.5 Å². The van der Waals surface area contributed by atoms with E-state index in [-0.39, 0.29) is 12.5 Å². The Bertz CT molecular complexity index is 817. The monoisotopic (exact) mass is 326 g/mol. The van der Waals surface area contributed by atoms with Crippen molar-refractivity contribution in [1.82, 2.24) is 15.2 Å². The number of nitrogens with one attached hydrogen (secondary N) is 2. The summed E-state index contributed by atoms with van der Waals surface area (Å²) in [5, 5.41) is 10.5. The number of hydrogen-bond donors (Lipinski definition) is 2. The number of amides is 1. The molecular weight excluding hydrogens is 308 g/mol. The zero-order chi connectivity index (χ0) is 16.8. The third kappa shape index (κ3) is 4.08. The molecule has 0 aliphatic heterocycles. The summed E-state index contributed by atoms with van der Waals surface area (Å²) in [7, 11) is 0. The summed E-state index contributed by atoms with van der Waals surface area (Å²) in [5.74, 6) is 0.539. The number of nitrogens with zero attached hydrogens (tertiary/aromatic N) is 2. The molecule has 124 valence electrons. The number of aromatic nitrogens is 3. The van der Waals surface area contributed by atoms with Crippen molar-refractivity contribution >= 4 is 22.6 Å². The van der Waals surface area contributed by atoms with Crippen LogP contribution in [0.25, 0.3) is 11.0 Å². The summed E-state index contributed by atoms with van der Waals surface area (Å²) in [6, 6.07) is 11.3. The number of fused-ring (bicyclic) bond motifs is 1. The van der Waals surface area contributed by atoms with E-state index in [9.17, 15) is 4.79 Å². The minimum atomic E-state index is -0.239. The van der Waals surface area contributed by atoms with Crippen molar-refractivity contribution in [2.75, 3.05) is 25.1 Å². The lowest BCUT2D eigenvalue weighted by molar-refractivity contribution is -0.120. The molecule has 0 saturated carbocycles. The summed E-state index contributed by atoms with van der Waals surface area (Å²) in [6.07, 6.45) is 1.57. The fraction of sp³-hybridized carbons (Fsp3) is 0.235. The lowest BCUT2D eigenvalue weighted by Crippen LogP contribution is -2.20. The molecule has 2 N–H and O–H groups in total. The molecule has 0 aliphatic rings. The van der Waals surface area contributed by atoms with E-state index in [2.05, 4.69) is 20.5 Å². The second kappa shape index (κ2) is 7.56. The molecule has 0 atom stereocenters. The van der Waals surface area contributed by atoms with E-state index in [0.717, 1.165) is 16.8 Å². The predicted octanol–water partition coefficient (Wildman–Crippen LogP) is 2.30. The maximum atomic E-state index is 11.9. The molecule has 7 nitrogen and oxygen atoms in total. The van der Waals surface area contributed by atoms with Crippen LogP contribution in [-0.4, -0.2) is 40.9 Å². The van der Waals surface area contributed by atoms with Crippen LogP contribution in [-0.2, 0) is 9.53 Å². The van der Waals surface area contributed by atoms with Crippen LogP contribution in [0.1, 0.15) is 5.69 Å². The number of ether oxygens (including phenoxy) is 2. The van der Waals surface area contributed by atoms with Crippen molar-refractivity contribution < 1.29 is 14.3 Å². The predicted molar refractivity (Wildman–Crippen MR) is 90.0 cm³/mol. The van der Waals surface area contributed by atoms with Crippen molar-refractivity contribution in [3.05, 3.63) is 48.3 Å². The van der Waals surface area contributed by atoms with Gasteiger partial charge in [0, 0.05) is 11.1 Å². The molecule has 24 heavy (non-hydrogen) atoms.